The molecule has 1 aliphatic carbocycles. The minimum absolute atomic E-state index is 0.131. The Kier molecular flexibility index (Phi) is 9.99. The minimum Gasteiger partial charge on any atom is -0.481 e. The second kappa shape index (κ2) is 12.4. The molecule has 0 saturated heterocycles. The van der Waals surface area contributed by atoms with Gasteiger partial charge in [0.1, 0.15) is 0 Å². The van der Waals surface area contributed by atoms with Gasteiger partial charge >= 0.3 is 12.1 Å². The number of hydrogen-bond donors (Lipinski definition) is 3. The van der Waals surface area contributed by atoms with Crippen molar-refractivity contribution in [1.29, 1.82) is 0 Å². The standard InChI is InChI=1S/C31H44F3N3O4S/c1-20-23(27(38)35-16-15-30(5,6)28(39)40)18-25(37(20)19-21-11-9-8-10-12-21)22-13-14-26(24(17-22)31(32,33)34)42(7,41)36-29(2,3)4/h13-14,17-18,21H,7-12,15-16,19H2,1-6H3,(H,35,38)(H,36,41)(H,39,40). The Hall–Kier alpha value is -2.79. The smallest absolute Gasteiger partial charge is 0.417 e. The molecule has 1 atom stereocenters. The molecule has 1 aromatic heterocycles. The van der Waals surface area contributed by atoms with Crippen LogP contribution in [0.2, 0.25) is 0 Å². The van der Waals surface area contributed by atoms with E-state index in [1.807, 2.05) is 4.57 Å². The molecule has 0 bridgehead atoms. The second-order valence-electron chi connectivity index (χ2n) is 13.1. The summed E-state index contributed by atoms with van der Waals surface area (Å²) in [6.07, 6.45) is 0.731. The monoisotopic (exact) mass is 611 g/mol. The molecule has 3 N–H and O–H groups in total. The van der Waals surface area contributed by atoms with Gasteiger partial charge < -0.3 is 15.0 Å². The van der Waals surface area contributed by atoms with E-state index in [-0.39, 0.29) is 18.5 Å². The van der Waals surface area contributed by atoms with Gasteiger partial charge in [0.25, 0.3) is 5.91 Å². The van der Waals surface area contributed by atoms with Crippen LogP contribution >= 0.6 is 0 Å². The summed E-state index contributed by atoms with van der Waals surface area (Å²) >= 11 is 0. The zero-order valence-electron chi connectivity index (χ0n) is 25.4. The molecule has 0 spiro atoms. The predicted octanol–water partition coefficient (Wildman–Crippen LogP) is 6.67. The van der Waals surface area contributed by atoms with Crippen LogP contribution in [-0.2, 0) is 27.2 Å². The molecule has 1 heterocycles. The third-order valence-electron chi connectivity index (χ3n) is 7.80. The van der Waals surface area contributed by atoms with Crippen molar-refractivity contribution in [3.63, 3.8) is 0 Å². The number of nitrogens with one attached hydrogen (secondary N) is 2. The van der Waals surface area contributed by atoms with Crippen LogP contribution in [0.25, 0.3) is 11.3 Å². The van der Waals surface area contributed by atoms with Crippen molar-refractivity contribution in [2.75, 3.05) is 6.54 Å². The number of amides is 1. The van der Waals surface area contributed by atoms with Crippen molar-refractivity contribution in [3.8, 4) is 11.3 Å². The van der Waals surface area contributed by atoms with Gasteiger partial charge in [0.05, 0.1) is 31.1 Å². The number of aromatic nitrogens is 1. The third kappa shape index (κ3) is 8.18. The van der Waals surface area contributed by atoms with E-state index in [0.29, 0.717) is 29.4 Å². The van der Waals surface area contributed by atoms with Crippen LogP contribution < -0.4 is 10.0 Å². The SMILES string of the molecule is C=S(=O)(NC(C)(C)C)c1ccc(-c2cc(C(=O)NCCC(C)(C)C(=O)O)c(C)n2CC2CCCCC2)cc1C(F)(F)F. The van der Waals surface area contributed by atoms with Gasteiger partial charge in [0.2, 0.25) is 0 Å². The Labute approximate surface area is 247 Å². The van der Waals surface area contributed by atoms with E-state index < -0.39 is 49.2 Å². The van der Waals surface area contributed by atoms with Crippen molar-refractivity contribution >= 4 is 27.5 Å². The number of carboxylic acid groups (broad SMARTS) is 1. The molecular weight excluding hydrogens is 567 g/mol. The molecule has 234 valence electrons. The summed E-state index contributed by atoms with van der Waals surface area (Å²) in [5.41, 5.74) is -1.14. The van der Waals surface area contributed by atoms with E-state index >= 15 is 0 Å². The van der Waals surface area contributed by atoms with Gasteiger partial charge in [-0.2, -0.15) is 13.2 Å². The van der Waals surface area contributed by atoms with Gasteiger partial charge in [-0.25, -0.2) is 8.93 Å². The number of aliphatic carboxylic acids is 1. The highest BCUT2D eigenvalue weighted by atomic mass is 32.2. The fourth-order valence-electron chi connectivity index (χ4n) is 5.42. The molecule has 1 fully saturated rings. The number of halogens is 3. The average molecular weight is 612 g/mol. The van der Waals surface area contributed by atoms with Gasteiger partial charge in [-0.15, -0.1) is 0 Å². The quantitative estimate of drug-likeness (QED) is 0.261. The number of carbonyl (C=O) groups is 2. The largest absolute Gasteiger partial charge is 0.481 e. The number of benzene rings is 1. The molecule has 1 amide bonds. The first-order valence-electron chi connectivity index (χ1n) is 14.3. The van der Waals surface area contributed by atoms with E-state index in [0.717, 1.165) is 38.2 Å². The second-order valence-corrected chi connectivity index (χ2v) is 15.1. The van der Waals surface area contributed by atoms with Crippen molar-refractivity contribution in [2.45, 2.75) is 103 Å². The Morgan fingerprint density at radius 3 is 2.24 bits per heavy atom. The Morgan fingerprint density at radius 1 is 1.07 bits per heavy atom. The first-order valence-corrected chi connectivity index (χ1v) is 16.1. The minimum atomic E-state index is -4.79. The lowest BCUT2D eigenvalue weighted by Crippen LogP contribution is -2.41. The molecule has 0 radical (unpaired) electrons. The third-order valence-corrected chi connectivity index (χ3v) is 9.81. The summed E-state index contributed by atoms with van der Waals surface area (Å²) in [7, 11) is -3.49. The predicted molar refractivity (Wildman–Crippen MR) is 161 cm³/mol. The number of hydrogen-bond acceptors (Lipinski definition) is 3. The zero-order chi connectivity index (χ0) is 31.7. The molecule has 1 aliphatic rings. The van der Waals surface area contributed by atoms with Crippen LogP contribution in [0.1, 0.15) is 94.8 Å². The summed E-state index contributed by atoms with van der Waals surface area (Å²) in [5.74, 6) is 2.56. The van der Waals surface area contributed by atoms with Gasteiger partial charge in [-0.3, -0.25) is 9.59 Å². The number of carboxylic acids is 1. The van der Waals surface area contributed by atoms with Crippen molar-refractivity contribution < 1.29 is 32.1 Å². The van der Waals surface area contributed by atoms with Crippen molar-refractivity contribution in [2.24, 2.45) is 11.3 Å². The summed E-state index contributed by atoms with van der Waals surface area (Å²) in [6, 6.07) is 5.31. The molecule has 1 saturated carbocycles. The van der Waals surface area contributed by atoms with E-state index in [2.05, 4.69) is 15.9 Å². The zero-order valence-corrected chi connectivity index (χ0v) is 26.2. The lowest BCUT2D eigenvalue weighted by atomic mass is 9.89. The first kappa shape index (κ1) is 33.7. The van der Waals surface area contributed by atoms with E-state index in [9.17, 15) is 32.1 Å². The van der Waals surface area contributed by atoms with Crippen molar-refractivity contribution in [1.82, 2.24) is 14.6 Å². The maximum Gasteiger partial charge on any atom is 0.417 e. The maximum atomic E-state index is 14.4. The van der Waals surface area contributed by atoms with Crippen LogP contribution in [0.4, 0.5) is 13.2 Å². The topological polar surface area (TPSA) is 100 Å². The fraction of sp³-hybridized carbons (Fsp3) is 0.581. The van der Waals surface area contributed by atoms with Crippen LogP contribution in [0.3, 0.4) is 0 Å². The summed E-state index contributed by atoms with van der Waals surface area (Å²) in [4.78, 5) is 24.3. The number of alkyl halides is 3. The molecule has 11 heteroatoms. The summed E-state index contributed by atoms with van der Waals surface area (Å²) < 4.78 is 61.2. The van der Waals surface area contributed by atoms with E-state index in [1.165, 1.54) is 12.1 Å². The van der Waals surface area contributed by atoms with E-state index in [4.69, 9.17) is 0 Å². The maximum absolute atomic E-state index is 14.4. The molecule has 7 nitrogen and oxygen atoms in total. The molecule has 1 aromatic carbocycles. The van der Waals surface area contributed by atoms with Gasteiger partial charge in [-0.1, -0.05) is 25.3 Å². The average Bonchev–Trinajstić information content (AvgIpc) is 3.18. The van der Waals surface area contributed by atoms with Gasteiger partial charge in [0, 0.05) is 30.0 Å². The summed E-state index contributed by atoms with van der Waals surface area (Å²) in [5, 5.41) is 12.2. The first-order chi connectivity index (χ1) is 19.2. The van der Waals surface area contributed by atoms with Crippen LogP contribution in [0.5, 0.6) is 0 Å². The Balaban J connectivity index is 2.08. The number of carbonyl (C=O) groups excluding carboxylic acids is 1. The molecule has 3 rings (SSSR count). The fourth-order valence-corrected chi connectivity index (χ4v) is 7.33. The van der Waals surface area contributed by atoms with Gasteiger partial charge in [-0.05, 0) is 96.4 Å². The Morgan fingerprint density at radius 2 is 1.69 bits per heavy atom. The molecular formula is C31H44F3N3O4S. The molecule has 2 aromatic rings. The molecule has 0 aliphatic heterocycles. The molecule has 42 heavy (non-hydrogen) atoms. The van der Waals surface area contributed by atoms with E-state index in [1.54, 1.807) is 47.6 Å². The van der Waals surface area contributed by atoms with Crippen molar-refractivity contribution in [3.05, 3.63) is 41.1 Å². The number of nitrogens with zero attached hydrogens (tertiary/aromatic N) is 1. The Bertz CT molecular complexity index is 1410. The lowest BCUT2D eigenvalue weighted by molar-refractivity contribution is -0.147. The highest BCUT2D eigenvalue weighted by molar-refractivity contribution is 7.98. The van der Waals surface area contributed by atoms with Gasteiger partial charge in [0.15, 0.2) is 0 Å². The van der Waals surface area contributed by atoms with Crippen LogP contribution in [0, 0.1) is 18.3 Å². The molecule has 1 unspecified atom stereocenters. The normalized spacial score (nSPS) is 16.7. The number of rotatable bonds is 10. The highest BCUT2D eigenvalue weighted by Gasteiger charge is 2.37. The van der Waals surface area contributed by atoms with Crippen LogP contribution in [0.15, 0.2) is 29.2 Å². The summed E-state index contributed by atoms with van der Waals surface area (Å²) in [6.45, 7) is 10.7. The van der Waals surface area contributed by atoms with Crippen LogP contribution in [-0.4, -0.2) is 43.7 Å². The highest BCUT2D eigenvalue weighted by Crippen LogP contribution is 2.39. The lowest BCUT2D eigenvalue weighted by Gasteiger charge is -2.26.